The molecule has 0 saturated carbocycles. The summed E-state index contributed by atoms with van der Waals surface area (Å²) in [4.78, 5) is 11.2. The second-order valence-electron chi connectivity index (χ2n) is 6.80. The first-order valence-corrected chi connectivity index (χ1v) is 10.1. The zero-order valence-electron chi connectivity index (χ0n) is 16.4. The van der Waals surface area contributed by atoms with E-state index >= 15 is 0 Å². The molecule has 0 aromatic carbocycles. The van der Waals surface area contributed by atoms with Crippen LogP contribution in [0.2, 0.25) is 0 Å². The van der Waals surface area contributed by atoms with Gasteiger partial charge in [0.1, 0.15) is 0 Å². The normalized spacial score (nSPS) is 12.0. The van der Waals surface area contributed by atoms with E-state index in [4.69, 9.17) is 0 Å². The topological polar surface area (TPSA) is 26.3 Å². The van der Waals surface area contributed by atoms with Crippen molar-refractivity contribution in [2.45, 2.75) is 104 Å². The number of ether oxygens (including phenoxy) is 1. The molecule has 0 spiro atoms. The molecule has 2 nitrogen and oxygen atoms in total. The molecule has 2 heteroatoms. The maximum Gasteiger partial charge on any atom is 0.333 e. The zero-order chi connectivity index (χ0) is 17.9. The van der Waals surface area contributed by atoms with E-state index in [0.29, 0.717) is 5.57 Å². The molecule has 0 radical (unpaired) electrons. The molecule has 0 saturated heterocycles. The summed E-state index contributed by atoms with van der Waals surface area (Å²) in [6.45, 7) is 4.06. The first-order chi connectivity index (χ1) is 11.7. The van der Waals surface area contributed by atoms with E-state index in [9.17, 15) is 4.79 Å². The van der Waals surface area contributed by atoms with Crippen molar-refractivity contribution in [1.29, 1.82) is 0 Å². The molecule has 140 valence electrons. The molecule has 0 fully saturated rings. The van der Waals surface area contributed by atoms with Crippen LogP contribution in [0.5, 0.6) is 0 Å². The van der Waals surface area contributed by atoms with E-state index in [1.165, 1.54) is 90.6 Å². The number of hydrogen-bond acceptors (Lipinski definition) is 2. The van der Waals surface area contributed by atoms with Gasteiger partial charge in [0.25, 0.3) is 0 Å². The number of unbranched alkanes of at least 4 members (excludes halogenated alkanes) is 13. The molecule has 0 aliphatic heterocycles. The Balaban J connectivity index is 3.27. The number of rotatable bonds is 16. The average Bonchev–Trinajstić information content (AvgIpc) is 2.60. The number of methoxy groups -OCH3 is 1. The molecule has 0 atom stereocenters. The molecule has 0 unspecified atom stereocenters. The zero-order valence-corrected chi connectivity index (χ0v) is 16.4. The third-order valence-corrected chi connectivity index (χ3v) is 4.46. The fourth-order valence-electron chi connectivity index (χ4n) is 2.82. The highest BCUT2D eigenvalue weighted by molar-refractivity contribution is 5.87. The molecule has 0 rings (SSSR count). The summed E-state index contributed by atoms with van der Waals surface area (Å²) in [7, 11) is 1.41. The van der Waals surface area contributed by atoms with Crippen molar-refractivity contribution >= 4 is 5.97 Å². The van der Waals surface area contributed by atoms with Gasteiger partial charge in [-0.1, -0.05) is 102 Å². The number of allylic oxidation sites excluding steroid dienone is 3. The van der Waals surface area contributed by atoms with Gasteiger partial charge in [0.15, 0.2) is 0 Å². The van der Waals surface area contributed by atoms with Crippen LogP contribution in [-0.2, 0) is 9.53 Å². The lowest BCUT2D eigenvalue weighted by molar-refractivity contribution is -0.136. The van der Waals surface area contributed by atoms with Gasteiger partial charge in [-0.15, -0.1) is 0 Å². The molecule has 0 aliphatic carbocycles. The smallest absolute Gasteiger partial charge is 0.333 e. The van der Waals surface area contributed by atoms with Crippen molar-refractivity contribution < 1.29 is 9.53 Å². The quantitative estimate of drug-likeness (QED) is 0.129. The highest BCUT2D eigenvalue weighted by atomic mass is 16.5. The molecule has 0 heterocycles. The minimum Gasteiger partial charge on any atom is -0.466 e. The van der Waals surface area contributed by atoms with Crippen molar-refractivity contribution in [2.75, 3.05) is 7.11 Å². The number of hydrogen-bond donors (Lipinski definition) is 0. The maximum atomic E-state index is 11.2. The summed E-state index contributed by atoms with van der Waals surface area (Å²) >= 11 is 0. The van der Waals surface area contributed by atoms with E-state index in [0.717, 1.165) is 6.42 Å². The van der Waals surface area contributed by atoms with Gasteiger partial charge in [-0.3, -0.25) is 0 Å². The number of esters is 1. The molecule has 0 aliphatic rings. The SMILES string of the molecule is CCCCCCCCCCCCCCCC=CC=C(C)C(=O)OC. The van der Waals surface area contributed by atoms with Crippen molar-refractivity contribution in [3.63, 3.8) is 0 Å². The van der Waals surface area contributed by atoms with Gasteiger partial charge in [0.05, 0.1) is 7.11 Å². The lowest BCUT2D eigenvalue weighted by Crippen LogP contribution is -2.00. The molecule has 0 amide bonds. The van der Waals surface area contributed by atoms with Crippen LogP contribution < -0.4 is 0 Å². The summed E-state index contributed by atoms with van der Waals surface area (Å²) in [6, 6.07) is 0. The van der Waals surface area contributed by atoms with Crippen LogP contribution >= 0.6 is 0 Å². The fourth-order valence-corrected chi connectivity index (χ4v) is 2.82. The average molecular weight is 337 g/mol. The standard InChI is InChI=1S/C22H40O2/c1-4-5-6-7-8-9-10-11-12-13-14-15-16-17-18-19-20-21(2)22(23)24-3/h18-20H,4-17H2,1-3H3. The molecule has 24 heavy (non-hydrogen) atoms. The van der Waals surface area contributed by atoms with Crippen LogP contribution in [0.25, 0.3) is 0 Å². The second kappa shape index (κ2) is 18.3. The highest BCUT2D eigenvalue weighted by Gasteiger charge is 1.99. The van der Waals surface area contributed by atoms with Crippen LogP contribution in [0.3, 0.4) is 0 Å². The minimum atomic E-state index is -0.249. The Morgan fingerprint density at radius 3 is 1.71 bits per heavy atom. The van der Waals surface area contributed by atoms with Crippen LogP contribution in [0.15, 0.2) is 23.8 Å². The summed E-state index contributed by atoms with van der Waals surface area (Å²) in [5.74, 6) is -0.249. The second-order valence-corrected chi connectivity index (χ2v) is 6.80. The molecule has 0 bridgehead atoms. The van der Waals surface area contributed by atoms with Crippen LogP contribution in [-0.4, -0.2) is 13.1 Å². The monoisotopic (exact) mass is 336 g/mol. The van der Waals surface area contributed by atoms with Gasteiger partial charge in [-0.25, -0.2) is 4.79 Å². The van der Waals surface area contributed by atoms with E-state index in [1.54, 1.807) is 6.92 Å². The summed E-state index contributed by atoms with van der Waals surface area (Å²) in [5.41, 5.74) is 0.652. The molecule has 0 aromatic heterocycles. The Bertz CT molecular complexity index is 342. The Morgan fingerprint density at radius 1 is 0.792 bits per heavy atom. The molecule has 0 aromatic rings. The lowest BCUT2D eigenvalue weighted by Gasteiger charge is -2.02. The lowest BCUT2D eigenvalue weighted by atomic mass is 10.0. The van der Waals surface area contributed by atoms with Crippen LogP contribution in [0.1, 0.15) is 104 Å². The van der Waals surface area contributed by atoms with E-state index < -0.39 is 0 Å². The van der Waals surface area contributed by atoms with Gasteiger partial charge in [-0.05, 0) is 19.8 Å². The molecular weight excluding hydrogens is 296 g/mol. The van der Waals surface area contributed by atoms with Gasteiger partial charge in [0, 0.05) is 5.57 Å². The van der Waals surface area contributed by atoms with Gasteiger partial charge >= 0.3 is 5.97 Å². The van der Waals surface area contributed by atoms with Crippen molar-refractivity contribution in [3.05, 3.63) is 23.8 Å². The fraction of sp³-hybridized carbons (Fsp3) is 0.773. The highest BCUT2D eigenvalue weighted by Crippen LogP contribution is 2.13. The summed E-state index contributed by atoms with van der Waals surface area (Å²) in [5, 5.41) is 0. The van der Waals surface area contributed by atoms with Crippen molar-refractivity contribution in [3.8, 4) is 0 Å². The van der Waals surface area contributed by atoms with E-state index in [2.05, 4.69) is 17.7 Å². The van der Waals surface area contributed by atoms with E-state index in [1.807, 2.05) is 12.2 Å². The first kappa shape index (κ1) is 22.9. The Hall–Kier alpha value is -1.05. The first-order valence-electron chi connectivity index (χ1n) is 10.1. The molecular formula is C22H40O2. The predicted molar refractivity (Wildman–Crippen MR) is 105 cm³/mol. The Labute approximate surface area is 150 Å². The third kappa shape index (κ3) is 15.8. The minimum absolute atomic E-state index is 0.249. The van der Waals surface area contributed by atoms with Crippen LogP contribution in [0.4, 0.5) is 0 Å². The Morgan fingerprint density at radius 2 is 1.25 bits per heavy atom. The van der Waals surface area contributed by atoms with Crippen LogP contribution in [0, 0.1) is 0 Å². The maximum absolute atomic E-state index is 11.2. The largest absolute Gasteiger partial charge is 0.466 e. The van der Waals surface area contributed by atoms with Gasteiger partial charge in [0.2, 0.25) is 0 Å². The van der Waals surface area contributed by atoms with Gasteiger partial charge < -0.3 is 4.74 Å². The summed E-state index contributed by atoms with van der Waals surface area (Å²) < 4.78 is 4.65. The molecule has 0 N–H and O–H groups in total. The third-order valence-electron chi connectivity index (χ3n) is 4.46. The number of carbonyl (C=O) groups is 1. The van der Waals surface area contributed by atoms with Crippen molar-refractivity contribution in [1.82, 2.24) is 0 Å². The van der Waals surface area contributed by atoms with Crippen molar-refractivity contribution in [2.24, 2.45) is 0 Å². The Kier molecular flexibility index (Phi) is 17.5. The van der Waals surface area contributed by atoms with Gasteiger partial charge in [-0.2, -0.15) is 0 Å². The summed E-state index contributed by atoms with van der Waals surface area (Å²) in [6.07, 6.45) is 25.1. The predicted octanol–water partition coefficient (Wildman–Crippen LogP) is 7.14. The van der Waals surface area contributed by atoms with E-state index in [-0.39, 0.29) is 5.97 Å². The number of carbonyl (C=O) groups excluding carboxylic acids is 1.